The topological polar surface area (TPSA) is 89.9 Å². The number of nitrogens with one attached hydrogen (secondary N) is 1. The molecule has 6 heteroatoms. The van der Waals surface area contributed by atoms with Crippen molar-refractivity contribution < 1.29 is 19.8 Å². The minimum absolute atomic E-state index is 0.117. The predicted octanol–water partition coefficient (Wildman–Crippen LogP) is 0.951. The normalized spacial score (nSPS) is 17.8. The molecular formula is C15H20N2O4. The van der Waals surface area contributed by atoms with E-state index in [1.54, 1.807) is 23.1 Å². The molecule has 1 unspecified atom stereocenters. The van der Waals surface area contributed by atoms with E-state index >= 15 is 0 Å². The van der Waals surface area contributed by atoms with Gasteiger partial charge < -0.3 is 20.4 Å². The second-order valence-electron chi connectivity index (χ2n) is 5.27. The number of hydrogen-bond acceptors (Lipinski definition) is 3. The van der Waals surface area contributed by atoms with Crippen molar-refractivity contribution in [3.63, 3.8) is 0 Å². The van der Waals surface area contributed by atoms with Crippen LogP contribution in [0, 0.1) is 5.92 Å². The highest BCUT2D eigenvalue weighted by molar-refractivity contribution is 5.87. The number of rotatable bonds is 5. The van der Waals surface area contributed by atoms with Gasteiger partial charge in [-0.2, -0.15) is 0 Å². The average molecular weight is 292 g/mol. The number of urea groups is 1. The van der Waals surface area contributed by atoms with Crippen molar-refractivity contribution in [2.24, 2.45) is 5.92 Å². The van der Waals surface area contributed by atoms with E-state index in [-0.39, 0.29) is 24.1 Å². The van der Waals surface area contributed by atoms with E-state index in [1.807, 2.05) is 6.07 Å². The number of carbonyl (C=O) groups is 2. The minimum atomic E-state index is -0.951. The van der Waals surface area contributed by atoms with Crippen LogP contribution in [0.4, 0.5) is 4.79 Å². The Morgan fingerprint density at radius 3 is 2.86 bits per heavy atom. The molecule has 1 aliphatic rings. The number of carboxylic acids is 1. The zero-order valence-corrected chi connectivity index (χ0v) is 11.8. The van der Waals surface area contributed by atoms with Crippen molar-refractivity contribution >= 4 is 12.0 Å². The van der Waals surface area contributed by atoms with Gasteiger partial charge in [-0.05, 0) is 30.5 Å². The van der Waals surface area contributed by atoms with E-state index in [0.29, 0.717) is 26.1 Å². The van der Waals surface area contributed by atoms with Crippen LogP contribution in [0.25, 0.3) is 0 Å². The molecule has 1 aliphatic heterocycles. The first-order valence-corrected chi connectivity index (χ1v) is 7.06. The van der Waals surface area contributed by atoms with Crippen LogP contribution in [0.5, 0.6) is 0 Å². The van der Waals surface area contributed by atoms with E-state index in [9.17, 15) is 9.59 Å². The number of nitrogens with zero attached hydrogens (tertiary/aromatic N) is 1. The molecule has 1 atom stereocenters. The molecule has 2 amide bonds. The molecule has 1 aromatic carbocycles. The van der Waals surface area contributed by atoms with Gasteiger partial charge in [0.15, 0.2) is 0 Å². The van der Waals surface area contributed by atoms with Crippen molar-refractivity contribution in [2.75, 3.05) is 26.2 Å². The molecule has 1 fully saturated rings. The molecular weight excluding hydrogens is 272 g/mol. The molecule has 0 spiro atoms. The summed E-state index contributed by atoms with van der Waals surface area (Å²) in [6.45, 7) is 1.84. The standard InChI is InChI=1S/C15H20N2O4/c18-10-12-5-7-17(9-12)15(21)16-6-4-11-2-1-3-13(8-11)14(19)20/h1-3,8,12,18H,4-7,9-10H2,(H,16,21)(H,19,20). The quantitative estimate of drug-likeness (QED) is 0.753. The molecule has 1 saturated heterocycles. The molecule has 0 aromatic heterocycles. The van der Waals surface area contributed by atoms with E-state index in [4.69, 9.17) is 10.2 Å². The van der Waals surface area contributed by atoms with Crippen LogP contribution in [0.15, 0.2) is 24.3 Å². The minimum Gasteiger partial charge on any atom is -0.478 e. The molecule has 0 saturated carbocycles. The Hall–Kier alpha value is -2.08. The summed E-state index contributed by atoms with van der Waals surface area (Å²) in [5.74, 6) is -0.768. The summed E-state index contributed by atoms with van der Waals surface area (Å²) in [7, 11) is 0. The lowest BCUT2D eigenvalue weighted by atomic mass is 10.1. The molecule has 2 rings (SSSR count). The Bertz CT molecular complexity index is 518. The molecule has 0 radical (unpaired) electrons. The van der Waals surface area contributed by atoms with Gasteiger partial charge in [0, 0.05) is 32.2 Å². The Labute approximate surface area is 123 Å². The highest BCUT2D eigenvalue weighted by Gasteiger charge is 2.25. The zero-order valence-electron chi connectivity index (χ0n) is 11.8. The van der Waals surface area contributed by atoms with Crippen molar-refractivity contribution in [3.8, 4) is 0 Å². The smallest absolute Gasteiger partial charge is 0.335 e. The lowest BCUT2D eigenvalue weighted by Gasteiger charge is -2.17. The fraction of sp³-hybridized carbons (Fsp3) is 0.467. The summed E-state index contributed by atoms with van der Waals surface area (Å²) in [6, 6.07) is 6.58. The van der Waals surface area contributed by atoms with Gasteiger partial charge in [0.05, 0.1) is 5.56 Å². The highest BCUT2D eigenvalue weighted by atomic mass is 16.4. The third kappa shape index (κ3) is 4.19. The first kappa shape index (κ1) is 15.3. The third-order valence-corrected chi connectivity index (χ3v) is 3.70. The van der Waals surface area contributed by atoms with E-state index in [1.165, 1.54) is 0 Å². The summed E-state index contributed by atoms with van der Waals surface area (Å²) in [4.78, 5) is 24.5. The van der Waals surface area contributed by atoms with Gasteiger partial charge in [0.25, 0.3) is 0 Å². The van der Waals surface area contributed by atoms with E-state index in [2.05, 4.69) is 5.32 Å². The SMILES string of the molecule is O=C(O)c1cccc(CCNC(=O)N2CCC(CO)C2)c1. The maximum Gasteiger partial charge on any atom is 0.335 e. The van der Waals surface area contributed by atoms with Gasteiger partial charge >= 0.3 is 12.0 Å². The van der Waals surface area contributed by atoms with Gasteiger partial charge in [0.2, 0.25) is 0 Å². The molecule has 3 N–H and O–H groups in total. The first-order valence-electron chi connectivity index (χ1n) is 7.06. The molecule has 1 aromatic rings. The molecule has 6 nitrogen and oxygen atoms in total. The zero-order chi connectivity index (χ0) is 15.2. The maximum atomic E-state index is 11.9. The van der Waals surface area contributed by atoms with Crippen LogP contribution in [-0.2, 0) is 6.42 Å². The number of carboxylic acid groups (broad SMARTS) is 1. The Kier molecular flexibility index (Phi) is 5.16. The largest absolute Gasteiger partial charge is 0.478 e. The lowest BCUT2D eigenvalue weighted by molar-refractivity contribution is 0.0696. The molecule has 0 aliphatic carbocycles. The fourth-order valence-electron chi connectivity index (χ4n) is 2.45. The number of carbonyl (C=O) groups excluding carboxylic acids is 1. The maximum absolute atomic E-state index is 11.9. The average Bonchev–Trinajstić information content (AvgIpc) is 2.96. The Balaban J connectivity index is 1.78. The second-order valence-corrected chi connectivity index (χ2v) is 5.27. The summed E-state index contributed by atoms with van der Waals surface area (Å²) < 4.78 is 0. The van der Waals surface area contributed by atoms with E-state index < -0.39 is 5.97 Å². The van der Waals surface area contributed by atoms with Crippen LogP contribution < -0.4 is 5.32 Å². The number of hydrogen-bond donors (Lipinski definition) is 3. The summed E-state index contributed by atoms with van der Waals surface area (Å²) in [5, 5.41) is 20.8. The summed E-state index contributed by atoms with van der Waals surface area (Å²) in [5.41, 5.74) is 1.13. The molecule has 0 bridgehead atoms. The number of aliphatic hydroxyl groups excluding tert-OH is 1. The van der Waals surface area contributed by atoms with Crippen molar-refractivity contribution in [1.82, 2.24) is 10.2 Å². The number of benzene rings is 1. The second kappa shape index (κ2) is 7.08. The van der Waals surface area contributed by atoms with Crippen LogP contribution >= 0.6 is 0 Å². The van der Waals surface area contributed by atoms with Crippen LogP contribution in [0.1, 0.15) is 22.3 Å². The summed E-state index contributed by atoms with van der Waals surface area (Å²) in [6.07, 6.45) is 1.43. The van der Waals surface area contributed by atoms with Gasteiger partial charge in [-0.25, -0.2) is 9.59 Å². The van der Waals surface area contributed by atoms with E-state index in [0.717, 1.165) is 12.0 Å². The predicted molar refractivity (Wildman–Crippen MR) is 77.3 cm³/mol. The molecule has 21 heavy (non-hydrogen) atoms. The molecule has 1 heterocycles. The lowest BCUT2D eigenvalue weighted by Crippen LogP contribution is -2.39. The van der Waals surface area contributed by atoms with Crippen molar-refractivity contribution in [1.29, 1.82) is 0 Å². The van der Waals surface area contributed by atoms with Crippen molar-refractivity contribution in [3.05, 3.63) is 35.4 Å². The van der Waals surface area contributed by atoms with Gasteiger partial charge in [0.1, 0.15) is 0 Å². The Morgan fingerprint density at radius 2 is 2.19 bits per heavy atom. The van der Waals surface area contributed by atoms with Crippen molar-refractivity contribution in [2.45, 2.75) is 12.8 Å². The molecule has 114 valence electrons. The third-order valence-electron chi connectivity index (χ3n) is 3.70. The number of amides is 2. The fourth-order valence-corrected chi connectivity index (χ4v) is 2.45. The van der Waals surface area contributed by atoms with Crippen LogP contribution in [0.2, 0.25) is 0 Å². The first-order chi connectivity index (χ1) is 10.1. The number of likely N-dealkylation sites (tertiary alicyclic amines) is 1. The highest BCUT2D eigenvalue weighted by Crippen LogP contribution is 2.15. The van der Waals surface area contributed by atoms with Crippen LogP contribution in [0.3, 0.4) is 0 Å². The number of aliphatic hydroxyl groups is 1. The van der Waals surface area contributed by atoms with Gasteiger partial charge in [-0.15, -0.1) is 0 Å². The van der Waals surface area contributed by atoms with Crippen LogP contribution in [-0.4, -0.2) is 53.4 Å². The summed E-state index contributed by atoms with van der Waals surface area (Å²) >= 11 is 0. The van der Waals surface area contributed by atoms with Gasteiger partial charge in [-0.3, -0.25) is 0 Å². The number of aromatic carboxylic acids is 1. The Morgan fingerprint density at radius 1 is 1.38 bits per heavy atom. The van der Waals surface area contributed by atoms with Gasteiger partial charge in [-0.1, -0.05) is 12.1 Å². The monoisotopic (exact) mass is 292 g/mol.